The van der Waals surface area contributed by atoms with Gasteiger partial charge in [-0.25, -0.2) is 0 Å². The maximum Gasteiger partial charge on any atom is 0.282 e. The Kier molecular flexibility index (Phi) is 5.91. The molecular weight excluding hydrogens is 478 g/mol. The van der Waals surface area contributed by atoms with Crippen molar-refractivity contribution >= 4 is 32.6 Å². The molecule has 3 heterocycles. The number of carbonyl (C=O) groups excluding carboxylic acids is 1. The van der Waals surface area contributed by atoms with Gasteiger partial charge in [0.1, 0.15) is 6.61 Å². The van der Waals surface area contributed by atoms with Gasteiger partial charge >= 0.3 is 0 Å². The van der Waals surface area contributed by atoms with E-state index in [4.69, 9.17) is 10.00 Å². The first kappa shape index (κ1) is 23.7. The van der Waals surface area contributed by atoms with E-state index in [-0.39, 0.29) is 12.5 Å². The summed E-state index contributed by atoms with van der Waals surface area (Å²) < 4.78 is 36.0. The van der Waals surface area contributed by atoms with Crippen molar-refractivity contribution in [2.75, 3.05) is 57.3 Å². The van der Waals surface area contributed by atoms with E-state index in [1.165, 1.54) is 0 Å². The van der Waals surface area contributed by atoms with Crippen LogP contribution in [0, 0.1) is 11.3 Å². The van der Waals surface area contributed by atoms with Gasteiger partial charge in [0.2, 0.25) is 5.91 Å². The highest BCUT2D eigenvalue weighted by molar-refractivity contribution is 7.86. The van der Waals surface area contributed by atoms with E-state index in [9.17, 15) is 13.2 Å². The molecule has 6 rings (SSSR count). The number of anilines is 1. The Morgan fingerprint density at radius 2 is 1.58 bits per heavy atom. The Labute approximate surface area is 212 Å². The van der Waals surface area contributed by atoms with E-state index >= 15 is 0 Å². The molecule has 0 unspecified atom stereocenters. The van der Waals surface area contributed by atoms with Gasteiger partial charge in [0.15, 0.2) is 0 Å². The number of rotatable bonds is 4. The van der Waals surface area contributed by atoms with E-state index < -0.39 is 15.8 Å². The highest BCUT2D eigenvalue weighted by Crippen LogP contribution is 2.37. The van der Waals surface area contributed by atoms with Crippen molar-refractivity contribution < 1.29 is 17.9 Å². The molecule has 0 bridgehead atoms. The third kappa shape index (κ3) is 4.34. The average Bonchev–Trinajstić information content (AvgIpc) is 3.75. The smallest absolute Gasteiger partial charge is 0.282 e. The standard InChI is InChI=1S/C26H31N5O4S/c27-17-20-1-2-22-16-24(4-3-21(22)15-20)28-11-13-30(14-12-28)36(33,34)29-9-7-26(8-10-29)19-31(23-5-6-23)25(32)18-35-26/h1-4,15-16,23H,5-14,18-19H2. The molecule has 1 aliphatic carbocycles. The van der Waals surface area contributed by atoms with Crippen molar-refractivity contribution in [2.45, 2.75) is 37.3 Å². The quantitative estimate of drug-likeness (QED) is 0.625. The summed E-state index contributed by atoms with van der Waals surface area (Å²) in [7, 11) is -3.54. The fourth-order valence-corrected chi connectivity index (χ4v) is 7.32. The van der Waals surface area contributed by atoms with E-state index in [1.807, 2.05) is 35.2 Å². The lowest BCUT2D eigenvalue weighted by molar-refractivity contribution is -0.170. The van der Waals surface area contributed by atoms with Crippen LogP contribution in [0.2, 0.25) is 0 Å². The minimum atomic E-state index is -3.54. The molecule has 0 radical (unpaired) electrons. The van der Waals surface area contributed by atoms with Gasteiger partial charge in [-0.1, -0.05) is 12.1 Å². The highest BCUT2D eigenvalue weighted by atomic mass is 32.2. The molecule has 2 aromatic rings. The minimum Gasteiger partial charge on any atom is -0.369 e. The second-order valence-corrected chi connectivity index (χ2v) is 12.3. The van der Waals surface area contributed by atoms with E-state index in [0.717, 1.165) is 29.3 Å². The summed E-state index contributed by atoms with van der Waals surface area (Å²) in [5.74, 6) is 0.0642. The van der Waals surface area contributed by atoms with Crippen molar-refractivity contribution in [3.05, 3.63) is 42.0 Å². The molecule has 0 atom stereocenters. The second kappa shape index (κ2) is 8.99. The summed E-state index contributed by atoms with van der Waals surface area (Å²) in [5.41, 5.74) is 1.29. The summed E-state index contributed by atoms with van der Waals surface area (Å²) in [4.78, 5) is 16.4. The maximum atomic E-state index is 13.4. The highest BCUT2D eigenvalue weighted by Gasteiger charge is 2.48. The van der Waals surface area contributed by atoms with Crippen molar-refractivity contribution in [3.63, 3.8) is 0 Å². The molecular formula is C26H31N5O4S. The fraction of sp³-hybridized carbons (Fsp3) is 0.538. The molecule has 1 amide bonds. The number of piperidine rings is 1. The number of morpholine rings is 1. The number of nitriles is 1. The molecule has 0 N–H and O–H groups in total. The lowest BCUT2D eigenvalue weighted by atomic mass is 9.90. The van der Waals surface area contributed by atoms with E-state index in [0.29, 0.717) is 70.3 Å². The molecule has 1 spiro atoms. The van der Waals surface area contributed by atoms with Gasteiger partial charge in [0.05, 0.1) is 23.8 Å². The first-order valence-corrected chi connectivity index (χ1v) is 14.1. The second-order valence-electron chi connectivity index (χ2n) is 10.4. The molecule has 0 aromatic heterocycles. The van der Waals surface area contributed by atoms with Crippen LogP contribution in [-0.4, -0.2) is 91.9 Å². The molecule has 2 aromatic carbocycles. The summed E-state index contributed by atoms with van der Waals surface area (Å²) in [5, 5.41) is 11.2. The summed E-state index contributed by atoms with van der Waals surface area (Å²) in [6.07, 6.45) is 3.37. The zero-order chi connectivity index (χ0) is 24.9. The molecule has 190 valence electrons. The predicted molar refractivity (Wildman–Crippen MR) is 136 cm³/mol. The lowest BCUT2D eigenvalue weighted by Gasteiger charge is -2.47. The van der Waals surface area contributed by atoms with Crippen molar-refractivity contribution in [1.82, 2.24) is 13.5 Å². The zero-order valence-corrected chi connectivity index (χ0v) is 21.1. The van der Waals surface area contributed by atoms with Crippen LogP contribution in [0.1, 0.15) is 31.2 Å². The van der Waals surface area contributed by atoms with Crippen molar-refractivity contribution in [1.29, 1.82) is 5.26 Å². The SMILES string of the molecule is N#Cc1ccc2cc(N3CCN(S(=O)(=O)N4CCC5(CC4)CN(C4CC4)C(=O)CO5)CC3)ccc2c1. The third-order valence-corrected chi connectivity index (χ3v) is 10.1. The number of hydrogen-bond acceptors (Lipinski definition) is 6. The Morgan fingerprint density at radius 1 is 0.917 bits per heavy atom. The number of piperazine rings is 1. The number of hydrogen-bond donors (Lipinski definition) is 0. The number of benzene rings is 2. The number of ether oxygens (including phenoxy) is 1. The Bertz CT molecular complexity index is 1320. The number of fused-ring (bicyclic) bond motifs is 1. The van der Waals surface area contributed by atoms with Crippen LogP contribution in [0.25, 0.3) is 10.8 Å². The molecule has 4 aliphatic rings. The van der Waals surface area contributed by atoms with Crippen LogP contribution in [0.4, 0.5) is 5.69 Å². The average molecular weight is 510 g/mol. The minimum absolute atomic E-state index is 0.0642. The fourth-order valence-electron chi connectivity index (χ4n) is 5.73. The van der Waals surface area contributed by atoms with E-state index in [2.05, 4.69) is 17.0 Å². The maximum absolute atomic E-state index is 13.4. The van der Waals surface area contributed by atoms with Gasteiger partial charge in [0.25, 0.3) is 10.2 Å². The largest absolute Gasteiger partial charge is 0.369 e. The van der Waals surface area contributed by atoms with Crippen LogP contribution in [0.15, 0.2) is 36.4 Å². The molecule has 3 aliphatic heterocycles. The van der Waals surface area contributed by atoms with Crippen LogP contribution in [0.3, 0.4) is 0 Å². The zero-order valence-electron chi connectivity index (χ0n) is 20.3. The molecule has 9 nitrogen and oxygen atoms in total. The monoisotopic (exact) mass is 509 g/mol. The Balaban J connectivity index is 1.07. The van der Waals surface area contributed by atoms with Crippen LogP contribution >= 0.6 is 0 Å². The molecule has 4 fully saturated rings. The summed E-state index contributed by atoms with van der Waals surface area (Å²) in [6, 6.07) is 14.3. The molecule has 1 saturated carbocycles. The van der Waals surface area contributed by atoms with Gasteiger partial charge in [-0.05, 0) is 60.7 Å². The first-order chi connectivity index (χ1) is 17.4. The predicted octanol–water partition coefficient (Wildman–Crippen LogP) is 1.93. The van der Waals surface area contributed by atoms with Crippen molar-refractivity contribution in [3.8, 4) is 6.07 Å². The van der Waals surface area contributed by atoms with Gasteiger partial charge < -0.3 is 14.5 Å². The number of amides is 1. The topological polar surface area (TPSA) is 97.2 Å². The Hall–Kier alpha value is -2.71. The van der Waals surface area contributed by atoms with Crippen LogP contribution in [-0.2, 0) is 19.7 Å². The van der Waals surface area contributed by atoms with E-state index in [1.54, 1.807) is 8.61 Å². The Morgan fingerprint density at radius 3 is 2.28 bits per heavy atom. The lowest BCUT2D eigenvalue weighted by Crippen LogP contribution is -2.61. The van der Waals surface area contributed by atoms with Gasteiger partial charge in [-0.2, -0.15) is 22.3 Å². The van der Waals surface area contributed by atoms with Gasteiger partial charge in [-0.15, -0.1) is 0 Å². The first-order valence-electron chi connectivity index (χ1n) is 12.7. The number of carbonyl (C=O) groups is 1. The van der Waals surface area contributed by atoms with Gasteiger partial charge in [-0.3, -0.25) is 4.79 Å². The summed E-state index contributed by atoms with van der Waals surface area (Å²) in [6.45, 7) is 3.67. The van der Waals surface area contributed by atoms with Crippen LogP contribution < -0.4 is 4.90 Å². The van der Waals surface area contributed by atoms with Crippen LogP contribution in [0.5, 0.6) is 0 Å². The van der Waals surface area contributed by atoms with Crippen molar-refractivity contribution in [2.24, 2.45) is 0 Å². The normalized spacial score (nSPS) is 23.8. The third-order valence-electron chi connectivity index (χ3n) is 8.11. The molecule has 36 heavy (non-hydrogen) atoms. The molecule has 10 heteroatoms. The van der Waals surface area contributed by atoms with Gasteiger partial charge in [0, 0.05) is 51.0 Å². The number of nitrogens with zero attached hydrogens (tertiary/aromatic N) is 5. The molecule has 3 saturated heterocycles. The summed E-state index contributed by atoms with van der Waals surface area (Å²) >= 11 is 0.